The fraction of sp³-hybridized carbons (Fsp3) is 0.280. The van der Waals surface area contributed by atoms with Gasteiger partial charge in [0, 0.05) is 21.5 Å². The van der Waals surface area contributed by atoms with E-state index in [9.17, 15) is 0 Å². The van der Waals surface area contributed by atoms with Crippen LogP contribution in [0.1, 0.15) is 22.3 Å². The number of ether oxygens (including phenoxy) is 3. The van der Waals surface area contributed by atoms with Crippen molar-refractivity contribution in [3.8, 4) is 17.2 Å². The van der Waals surface area contributed by atoms with Crippen molar-refractivity contribution < 1.29 is 14.2 Å². The molecule has 0 atom stereocenters. The summed E-state index contributed by atoms with van der Waals surface area (Å²) < 4.78 is 17.3. The first-order chi connectivity index (χ1) is 14.4. The molecule has 0 spiro atoms. The zero-order valence-electron chi connectivity index (χ0n) is 18.5. The summed E-state index contributed by atoms with van der Waals surface area (Å²) in [6.07, 6.45) is 0. The van der Waals surface area contributed by atoms with E-state index in [-0.39, 0.29) is 0 Å². The molecule has 3 aromatic carbocycles. The number of aryl methyl sites for hydroxylation is 4. The van der Waals surface area contributed by atoms with Crippen LogP contribution in [0.5, 0.6) is 17.2 Å². The van der Waals surface area contributed by atoms with Crippen molar-refractivity contribution in [1.82, 2.24) is 9.97 Å². The molecule has 30 heavy (non-hydrogen) atoms. The van der Waals surface area contributed by atoms with Gasteiger partial charge in [-0.3, -0.25) is 0 Å². The highest BCUT2D eigenvalue weighted by Gasteiger charge is 2.22. The highest BCUT2D eigenvalue weighted by atomic mass is 16.5. The second kappa shape index (κ2) is 6.33. The standard InChI is InChI=1S/C25H26N2O3/c1-11-8-17(28-5)23-19(13(11)3)15-10-16-20-14(4)12(2)9-18(29-6)24(20)27-22(16)25(30-7)21(15)26-23/h8-10,26-27H,1-7H3. The van der Waals surface area contributed by atoms with Gasteiger partial charge >= 0.3 is 0 Å². The molecule has 5 nitrogen and oxygen atoms in total. The molecular formula is C25H26N2O3. The Morgan fingerprint density at radius 2 is 1.00 bits per heavy atom. The Morgan fingerprint density at radius 3 is 1.37 bits per heavy atom. The number of H-pyrrole nitrogens is 2. The number of hydrogen-bond donors (Lipinski definition) is 2. The largest absolute Gasteiger partial charge is 0.495 e. The monoisotopic (exact) mass is 402 g/mol. The molecule has 2 aromatic heterocycles. The number of nitrogens with one attached hydrogen (secondary N) is 2. The molecule has 154 valence electrons. The molecule has 0 radical (unpaired) electrons. The second-order valence-electron chi connectivity index (χ2n) is 8.05. The van der Waals surface area contributed by atoms with Gasteiger partial charge in [0.1, 0.15) is 11.5 Å². The molecule has 2 heterocycles. The zero-order chi connectivity index (χ0) is 21.3. The summed E-state index contributed by atoms with van der Waals surface area (Å²) >= 11 is 0. The molecule has 0 saturated carbocycles. The lowest BCUT2D eigenvalue weighted by Crippen LogP contribution is -1.89. The van der Waals surface area contributed by atoms with Crippen LogP contribution in [0.3, 0.4) is 0 Å². The van der Waals surface area contributed by atoms with Crippen molar-refractivity contribution in [2.24, 2.45) is 0 Å². The van der Waals surface area contributed by atoms with Crippen LogP contribution >= 0.6 is 0 Å². The maximum Gasteiger partial charge on any atom is 0.166 e. The Labute approximate surface area is 174 Å². The Balaban J connectivity index is 2.08. The lowest BCUT2D eigenvalue weighted by Gasteiger charge is -2.09. The number of aromatic amines is 2. The van der Waals surface area contributed by atoms with E-state index >= 15 is 0 Å². The molecule has 2 N–H and O–H groups in total. The molecule has 0 amide bonds. The van der Waals surface area contributed by atoms with Gasteiger partial charge in [-0.05, 0) is 68.1 Å². The number of fused-ring (bicyclic) bond motifs is 6. The van der Waals surface area contributed by atoms with E-state index < -0.39 is 0 Å². The Kier molecular flexibility index (Phi) is 3.94. The highest BCUT2D eigenvalue weighted by molar-refractivity contribution is 6.23. The van der Waals surface area contributed by atoms with Crippen molar-refractivity contribution in [3.63, 3.8) is 0 Å². The number of aromatic nitrogens is 2. The van der Waals surface area contributed by atoms with Crippen molar-refractivity contribution in [2.45, 2.75) is 27.7 Å². The normalized spacial score (nSPS) is 11.8. The number of hydrogen-bond acceptors (Lipinski definition) is 3. The molecule has 0 aliphatic heterocycles. The fourth-order valence-corrected chi connectivity index (χ4v) is 4.77. The third-order valence-electron chi connectivity index (χ3n) is 6.59. The van der Waals surface area contributed by atoms with Crippen LogP contribution < -0.4 is 14.2 Å². The van der Waals surface area contributed by atoms with E-state index in [0.717, 1.165) is 50.1 Å². The summed E-state index contributed by atoms with van der Waals surface area (Å²) in [6, 6.07) is 6.43. The Hall–Kier alpha value is -3.34. The summed E-state index contributed by atoms with van der Waals surface area (Å²) in [5.41, 5.74) is 8.80. The minimum Gasteiger partial charge on any atom is -0.495 e. The van der Waals surface area contributed by atoms with E-state index in [4.69, 9.17) is 14.2 Å². The number of rotatable bonds is 3. The summed E-state index contributed by atoms with van der Waals surface area (Å²) in [7, 11) is 5.14. The second-order valence-corrected chi connectivity index (χ2v) is 8.05. The molecule has 0 aliphatic carbocycles. The third kappa shape index (κ3) is 2.23. The molecular weight excluding hydrogens is 376 g/mol. The Bertz CT molecular complexity index is 1380. The smallest absolute Gasteiger partial charge is 0.166 e. The van der Waals surface area contributed by atoms with E-state index in [1.54, 1.807) is 21.3 Å². The van der Waals surface area contributed by atoms with Crippen LogP contribution in [0.15, 0.2) is 18.2 Å². The minimum absolute atomic E-state index is 0.799. The average Bonchev–Trinajstić information content (AvgIpc) is 3.30. The van der Waals surface area contributed by atoms with Gasteiger partial charge in [-0.2, -0.15) is 0 Å². The van der Waals surface area contributed by atoms with E-state index in [1.807, 2.05) is 0 Å². The van der Waals surface area contributed by atoms with Gasteiger partial charge < -0.3 is 24.2 Å². The summed E-state index contributed by atoms with van der Waals surface area (Å²) in [4.78, 5) is 7.15. The first kappa shape index (κ1) is 18.7. The maximum atomic E-state index is 5.94. The molecule has 0 saturated heterocycles. The van der Waals surface area contributed by atoms with Crippen LogP contribution in [0.2, 0.25) is 0 Å². The van der Waals surface area contributed by atoms with Crippen molar-refractivity contribution >= 4 is 43.6 Å². The van der Waals surface area contributed by atoms with Crippen molar-refractivity contribution in [2.75, 3.05) is 21.3 Å². The van der Waals surface area contributed by atoms with Crippen molar-refractivity contribution in [1.29, 1.82) is 0 Å². The summed E-state index contributed by atoms with van der Waals surface area (Å²) in [6.45, 7) is 8.56. The highest BCUT2D eigenvalue weighted by Crippen LogP contribution is 2.46. The topological polar surface area (TPSA) is 59.3 Å². The van der Waals surface area contributed by atoms with Crippen LogP contribution in [0.4, 0.5) is 0 Å². The van der Waals surface area contributed by atoms with Crippen LogP contribution in [0, 0.1) is 27.7 Å². The van der Waals surface area contributed by atoms with Gasteiger partial charge in [-0.25, -0.2) is 0 Å². The van der Waals surface area contributed by atoms with Gasteiger partial charge in [0.15, 0.2) is 5.75 Å². The first-order valence-corrected chi connectivity index (χ1v) is 10.1. The van der Waals surface area contributed by atoms with Gasteiger partial charge in [0.25, 0.3) is 0 Å². The first-order valence-electron chi connectivity index (χ1n) is 10.1. The lowest BCUT2D eigenvalue weighted by atomic mass is 9.98. The molecule has 5 rings (SSSR count). The van der Waals surface area contributed by atoms with Gasteiger partial charge in [0.2, 0.25) is 0 Å². The molecule has 0 unspecified atom stereocenters. The van der Waals surface area contributed by atoms with Crippen LogP contribution in [0.25, 0.3) is 43.6 Å². The summed E-state index contributed by atoms with van der Waals surface area (Å²) in [5, 5.41) is 4.62. The maximum absolute atomic E-state index is 5.94. The predicted molar refractivity (Wildman–Crippen MR) is 124 cm³/mol. The molecule has 5 heteroatoms. The van der Waals surface area contributed by atoms with Crippen molar-refractivity contribution in [3.05, 3.63) is 40.5 Å². The summed E-state index contributed by atoms with van der Waals surface area (Å²) in [5.74, 6) is 2.48. The molecule has 0 fully saturated rings. The number of benzene rings is 3. The van der Waals surface area contributed by atoms with Gasteiger partial charge in [-0.15, -0.1) is 0 Å². The fourth-order valence-electron chi connectivity index (χ4n) is 4.77. The molecule has 5 aromatic rings. The zero-order valence-corrected chi connectivity index (χ0v) is 18.5. The van der Waals surface area contributed by atoms with Gasteiger partial charge in [-0.1, -0.05) is 0 Å². The van der Waals surface area contributed by atoms with E-state index in [2.05, 4.69) is 55.9 Å². The van der Waals surface area contributed by atoms with Crippen LogP contribution in [-0.4, -0.2) is 31.3 Å². The predicted octanol–water partition coefficient (Wildman–Crippen LogP) is 6.22. The molecule has 0 bridgehead atoms. The number of methoxy groups -OCH3 is 3. The quantitative estimate of drug-likeness (QED) is 0.377. The Morgan fingerprint density at radius 1 is 0.567 bits per heavy atom. The van der Waals surface area contributed by atoms with Crippen LogP contribution in [-0.2, 0) is 0 Å². The van der Waals surface area contributed by atoms with E-state index in [0.29, 0.717) is 0 Å². The van der Waals surface area contributed by atoms with E-state index in [1.165, 1.54) is 33.0 Å². The lowest BCUT2D eigenvalue weighted by molar-refractivity contribution is 0.418. The average molecular weight is 402 g/mol. The SMILES string of the molecule is COc1c2[nH]c3c(OC)cc(C)c(C)c3c2cc2c1[nH]c1c(OC)cc(C)c(C)c12. The molecule has 0 aliphatic rings. The third-order valence-corrected chi connectivity index (χ3v) is 6.59. The van der Waals surface area contributed by atoms with Gasteiger partial charge in [0.05, 0.1) is 43.4 Å². The minimum atomic E-state index is 0.799.